The summed E-state index contributed by atoms with van der Waals surface area (Å²) in [6, 6.07) is 7.38. The molecule has 1 unspecified atom stereocenters. The second kappa shape index (κ2) is 7.69. The minimum atomic E-state index is -0.883. The number of aryl methyl sites for hydroxylation is 1. The number of piperidine rings is 1. The molecule has 29 heavy (non-hydrogen) atoms. The Labute approximate surface area is 168 Å². The van der Waals surface area contributed by atoms with Gasteiger partial charge in [-0.05, 0) is 43.4 Å². The highest BCUT2D eigenvalue weighted by Crippen LogP contribution is 2.31. The third kappa shape index (κ3) is 4.01. The Kier molecular flexibility index (Phi) is 5.08. The molecule has 1 aromatic heterocycles. The lowest BCUT2D eigenvalue weighted by atomic mass is 9.92. The molecule has 2 aliphatic rings. The number of carbonyl (C=O) groups excluding carboxylic acids is 2. The van der Waals surface area contributed by atoms with Gasteiger partial charge in [-0.3, -0.25) is 19.4 Å². The number of H-pyrrole nitrogens is 1. The van der Waals surface area contributed by atoms with Crippen LogP contribution in [0.1, 0.15) is 43.2 Å². The summed E-state index contributed by atoms with van der Waals surface area (Å²) in [7, 11) is 0. The van der Waals surface area contributed by atoms with Gasteiger partial charge >= 0.3 is 0 Å². The molecule has 2 aliphatic heterocycles. The zero-order valence-electron chi connectivity index (χ0n) is 16.6. The first kappa shape index (κ1) is 19.2. The third-order valence-corrected chi connectivity index (χ3v) is 5.62. The van der Waals surface area contributed by atoms with Gasteiger partial charge < -0.3 is 15.5 Å². The van der Waals surface area contributed by atoms with Crippen molar-refractivity contribution in [1.29, 1.82) is 0 Å². The van der Waals surface area contributed by atoms with Crippen molar-refractivity contribution in [3.63, 3.8) is 0 Å². The van der Waals surface area contributed by atoms with Crippen LogP contribution in [0.5, 0.6) is 0 Å². The number of nitrogens with one attached hydrogen (secondary N) is 3. The predicted molar refractivity (Wildman–Crippen MR) is 111 cm³/mol. The fourth-order valence-electron chi connectivity index (χ4n) is 3.91. The lowest BCUT2D eigenvalue weighted by Crippen LogP contribution is -2.39. The summed E-state index contributed by atoms with van der Waals surface area (Å²) in [4.78, 5) is 47.3. The normalized spacial score (nSPS) is 19.4. The minimum absolute atomic E-state index is 0.0873. The summed E-state index contributed by atoms with van der Waals surface area (Å²) in [5.74, 6) is -0.323. The van der Waals surface area contributed by atoms with Gasteiger partial charge in [0.05, 0.1) is 11.5 Å². The van der Waals surface area contributed by atoms with Crippen molar-refractivity contribution in [2.75, 3.05) is 28.6 Å². The van der Waals surface area contributed by atoms with E-state index in [0.717, 1.165) is 31.5 Å². The average Bonchev–Trinajstić information content (AvgIpc) is 2.67. The SMILES string of the molecule is Cc1cccc(NC(=O)C2CC(=O)Nc3nc(N4CCC(C)CC4)[nH]c(=O)c32)c1. The minimum Gasteiger partial charge on any atom is -0.342 e. The molecule has 2 aromatic rings. The number of hydrogen-bond acceptors (Lipinski definition) is 5. The second-order valence-electron chi connectivity index (χ2n) is 7.99. The maximum atomic E-state index is 12.9. The summed E-state index contributed by atoms with van der Waals surface area (Å²) in [6.45, 7) is 5.73. The van der Waals surface area contributed by atoms with Crippen molar-refractivity contribution in [3.05, 3.63) is 45.7 Å². The molecule has 1 saturated heterocycles. The zero-order chi connectivity index (χ0) is 20.5. The van der Waals surface area contributed by atoms with Crippen LogP contribution in [0.3, 0.4) is 0 Å². The smallest absolute Gasteiger partial charge is 0.258 e. The van der Waals surface area contributed by atoms with Crippen LogP contribution in [-0.4, -0.2) is 34.9 Å². The molecule has 2 amide bonds. The van der Waals surface area contributed by atoms with Crippen LogP contribution in [0.15, 0.2) is 29.1 Å². The zero-order valence-corrected chi connectivity index (χ0v) is 16.6. The van der Waals surface area contributed by atoms with Gasteiger partial charge in [-0.2, -0.15) is 4.98 Å². The van der Waals surface area contributed by atoms with E-state index in [1.54, 1.807) is 6.07 Å². The lowest BCUT2D eigenvalue weighted by molar-refractivity contribution is -0.123. The predicted octanol–water partition coefficient (Wildman–Crippen LogP) is 2.38. The summed E-state index contributed by atoms with van der Waals surface area (Å²) >= 11 is 0. The first-order valence-electron chi connectivity index (χ1n) is 9.97. The molecule has 3 N–H and O–H groups in total. The van der Waals surface area contributed by atoms with Gasteiger partial charge in [0, 0.05) is 25.2 Å². The summed E-state index contributed by atoms with van der Waals surface area (Å²) in [6.07, 6.45) is 1.96. The molecule has 0 bridgehead atoms. The summed E-state index contributed by atoms with van der Waals surface area (Å²) in [5, 5.41) is 5.48. The molecular formula is C21H25N5O3. The van der Waals surface area contributed by atoms with Crippen LogP contribution in [0.25, 0.3) is 0 Å². The van der Waals surface area contributed by atoms with E-state index in [9.17, 15) is 14.4 Å². The molecule has 3 heterocycles. The van der Waals surface area contributed by atoms with E-state index in [2.05, 4.69) is 27.5 Å². The molecule has 1 fully saturated rings. The largest absolute Gasteiger partial charge is 0.342 e. The highest BCUT2D eigenvalue weighted by molar-refractivity contribution is 6.04. The summed E-state index contributed by atoms with van der Waals surface area (Å²) in [5.41, 5.74) is 1.47. The van der Waals surface area contributed by atoms with Gasteiger partial charge in [0.1, 0.15) is 5.82 Å². The Morgan fingerprint density at radius 1 is 1.24 bits per heavy atom. The van der Waals surface area contributed by atoms with E-state index >= 15 is 0 Å². The number of aromatic amines is 1. The first-order chi connectivity index (χ1) is 13.9. The second-order valence-corrected chi connectivity index (χ2v) is 7.99. The van der Waals surface area contributed by atoms with Crippen LogP contribution in [0.4, 0.5) is 17.5 Å². The number of rotatable bonds is 3. The number of anilines is 3. The summed E-state index contributed by atoms with van der Waals surface area (Å²) < 4.78 is 0. The van der Waals surface area contributed by atoms with Gasteiger partial charge in [-0.15, -0.1) is 0 Å². The van der Waals surface area contributed by atoms with E-state index < -0.39 is 11.8 Å². The van der Waals surface area contributed by atoms with Crippen molar-refractivity contribution in [3.8, 4) is 0 Å². The molecule has 152 valence electrons. The van der Waals surface area contributed by atoms with Crippen LogP contribution >= 0.6 is 0 Å². The van der Waals surface area contributed by atoms with E-state index in [1.807, 2.05) is 30.0 Å². The Balaban J connectivity index is 1.63. The van der Waals surface area contributed by atoms with E-state index in [0.29, 0.717) is 17.6 Å². The number of nitrogens with zero attached hydrogens (tertiary/aromatic N) is 2. The number of hydrogen-bond donors (Lipinski definition) is 3. The van der Waals surface area contributed by atoms with Crippen molar-refractivity contribution in [2.24, 2.45) is 5.92 Å². The highest BCUT2D eigenvalue weighted by atomic mass is 16.2. The quantitative estimate of drug-likeness (QED) is 0.740. The lowest BCUT2D eigenvalue weighted by Gasteiger charge is -2.31. The fourth-order valence-corrected chi connectivity index (χ4v) is 3.91. The molecule has 4 rings (SSSR count). The molecule has 8 nitrogen and oxygen atoms in total. The number of benzene rings is 1. The van der Waals surface area contributed by atoms with Gasteiger partial charge in [0.25, 0.3) is 5.56 Å². The van der Waals surface area contributed by atoms with E-state index in [1.165, 1.54) is 0 Å². The average molecular weight is 395 g/mol. The monoisotopic (exact) mass is 395 g/mol. The number of aromatic nitrogens is 2. The molecule has 0 aliphatic carbocycles. The molecule has 8 heteroatoms. The molecule has 1 aromatic carbocycles. The fraction of sp³-hybridized carbons (Fsp3) is 0.429. The van der Waals surface area contributed by atoms with Crippen LogP contribution < -0.4 is 21.1 Å². The van der Waals surface area contributed by atoms with E-state index in [4.69, 9.17) is 0 Å². The molecule has 0 spiro atoms. The number of fused-ring (bicyclic) bond motifs is 1. The van der Waals surface area contributed by atoms with Gasteiger partial charge in [0.15, 0.2) is 0 Å². The van der Waals surface area contributed by atoms with Crippen LogP contribution in [-0.2, 0) is 9.59 Å². The standard InChI is InChI=1S/C21H25N5O3/c1-12-6-8-26(9-7-12)21-24-18-17(20(29)25-21)15(11-16(27)23-18)19(28)22-14-5-3-4-13(2)10-14/h3-5,10,12,15H,6-9,11H2,1-2H3,(H,22,28)(H2,23,24,25,27,29). The van der Waals surface area contributed by atoms with Crippen molar-refractivity contribution in [1.82, 2.24) is 9.97 Å². The first-order valence-corrected chi connectivity index (χ1v) is 9.97. The van der Waals surface area contributed by atoms with Crippen molar-refractivity contribution in [2.45, 2.75) is 39.0 Å². The van der Waals surface area contributed by atoms with Crippen molar-refractivity contribution >= 4 is 29.3 Å². The van der Waals surface area contributed by atoms with Crippen molar-refractivity contribution < 1.29 is 9.59 Å². The molecule has 1 atom stereocenters. The van der Waals surface area contributed by atoms with Gasteiger partial charge in [-0.1, -0.05) is 19.1 Å². The van der Waals surface area contributed by atoms with Crippen LogP contribution in [0, 0.1) is 12.8 Å². The third-order valence-electron chi connectivity index (χ3n) is 5.62. The Morgan fingerprint density at radius 3 is 2.72 bits per heavy atom. The van der Waals surface area contributed by atoms with Gasteiger partial charge in [0.2, 0.25) is 17.8 Å². The van der Waals surface area contributed by atoms with Gasteiger partial charge in [-0.25, -0.2) is 0 Å². The molecule has 0 saturated carbocycles. The topological polar surface area (TPSA) is 107 Å². The van der Waals surface area contributed by atoms with E-state index in [-0.39, 0.29) is 29.3 Å². The Hall–Kier alpha value is -3.16. The maximum Gasteiger partial charge on any atom is 0.258 e. The molecule has 0 radical (unpaired) electrons. The highest BCUT2D eigenvalue weighted by Gasteiger charge is 2.35. The number of amides is 2. The number of carbonyl (C=O) groups is 2. The Morgan fingerprint density at radius 2 is 2.00 bits per heavy atom. The molecular weight excluding hydrogens is 370 g/mol. The van der Waals surface area contributed by atoms with Crippen LogP contribution in [0.2, 0.25) is 0 Å². The Bertz CT molecular complexity index is 1010. The maximum absolute atomic E-state index is 12.9.